The molecule has 8 heteroatoms. The number of carbonyl (C=O) groups is 1. The first kappa shape index (κ1) is 19.7. The molecule has 0 aliphatic carbocycles. The van der Waals surface area contributed by atoms with Crippen molar-refractivity contribution >= 4 is 34.2 Å². The fraction of sp³-hybridized carbons (Fsp3) is 0.304. The molecule has 4 heterocycles. The summed E-state index contributed by atoms with van der Waals surface area (Å²) >= 11 is 1.50. The van der Waals surface area contributed by atoms with Crippen LogP contribution in [-0.2, 0) is 0 Å². The second-order valence-corrected chi connectivity index (χ2v) is 8.85. The van der Waals surface area contributed by atoms with E-state index >= 15 is 0 Å². The van der Waals surface area contributed by atoms with Gasteiger partial charge in [-0.05, 0) is 55.3 Å². The van der Waals surface area contributed by atoms with E-state index in [0.29, 0.717) is 11.9 Å². The molecule has 0 radical (unpaired) electrons. The SMILES string of the molecule is CC(Nc1nccc(-n2cnc3ccccc32)n1)C1CCCN(C(=O)c2cccs2)C1. The summed E-state index contributed by atoms with van der Waals surface area (Å²) in [7, 11) is 0. The summed E-state index contributed by atoms with van der Waals surface area (Å²) < 4.78 is 1.97. The van der Waals surface area contributed by atoms with Gasteiger partial charge in [-0.2, -0.15) is 4.98 Å². The van der Waals surface area contributed by atoms with Crippen molar-refractivity contribution in [2.75, 3.05) is 18.4 Å². The number of nitrogens with one attached hydrogen (secondary N) is 1. The molecular formula is C23H24N6OS. The number of hydrogen-bond acceptors (Lipinski definition) is 6. The Morgan fingerprint density at radius 2 is 2.10 bits per heavy atom. The molecule has 31 heavy (non-hydrogen) atoms. The Balaban J connectivity index is 1.30. The number of amides is 1. The van der Waals surface area contributed by atoms with E-state index in [4.69, 9.17) is 4.98 Å². The van der Waals surface area contributed by atoms with Gasteiger partial charge in [0, 0.05) is 25.3 Å². The van der Waals surface area contributed by atoms with E-state index in [0.717, 1.165) is 47.7 Å². The van der Waals surface area contributed by atoms with Gasteiger partial charge in [-0.15, -0.1) is 11.3 Å². The maximum absolute atomic E-state index is 12.8. The molecule has 1 aliphatic heterocycles. The van der Waals surface area contributed by atoms with Gasteiger partial charge in [-0.3, -0.25) is 9.36 Å². The molecular weight excluding hydrogens is 408 g/mol. The molecule has 7 nitrogen and oxygen atoms in total. The predicted molar refractivity (Wildman–Crippen MR) is 123 cm³/mol. The summed E-state index contributed by atoms with van der Waals surface area (Å²) in [5.74, 6) is 1.84. The lowest BCUT2D eigenvalue weighted by Crippen LogP contribution is -2.44. The van der Waals surface area contributed by atoms with Crippen molar-refractivity contribution in [2.45, 2.75) is 25.8 Å². The number of imidazole rings is 1. The first-order chi connectivity index (χ1) is 15.2. The number of fused-ring (bicyclic) bond motifs is 1. The lowest BCUT2D eigenvalue weighted by Gasteiger charge is -2.35. The number of rotatable bonds is 5. The zero-order chi connectivity index (χ0) is 21.2. The lowest BCUT2D eigenvalue weighted by atomic mass is 9.91. The number of likely N-dealkylation sites (tertiary alicyclic amines) is 1. The predicted octanol–water partition coefficient (Wildman–Crippen LogP) is 4.23. The Kier molecular flexibility index (Phi) is 5.38. The minimum atomic E-state index is 0.136. The van der Waals surface area contributed by atoms with Gasteiger partial charge >= 0.3 is 0 Å². The summed E-state index contributed by atoms with van der Waals surface area (Å²) in [6.07, 6.45) is 5.64. The number of nitrogens with zero attached hydrogens (tertiary/aromatic N) is 5. The van der Waals surface area contributed by atoms with Gasteiger partial charge in [0.1, 0.15) is 12.1 Å². The number of benzene rings is 1. The molecule has 1 N–H and O–H groups in total. The maximum Gasteiger partial charge on any atom is 0.263 e. The van der Waals surface area contributed by atoms with Crippen LogP contribution in [-0.4, -0.2) is 49.5 Å². The molecule has 5 rings (SSSR count). The number of piperidine rings is 1. The molecule has 4 aromatic rings. The van der Waals surface area contributed by atoms with Crippen LogP contribution in [0.25, 0.3) is 16.9 Å². The highest BCUT2D eigenvalue weighted by Crippen LogP contribution is 2.24. The van der Waals surface area contributed by atoms with Crippen LogP contribution in [0.15, 0.2) is 60.4 Å². The van der Waals surface area contributed by atoms with Crippen LogP contribution >= 0.6 is 11.3 Å². The maximum atomic E-state index is 12.8. The van der Waals surface area contributed by atoms with E-state index in [9.17, 15) is 4.79 Å². The zero-order valence-electron chi connectivity index (χ0n) is 17.3. The molecule has 3 aromatic heterocycles. The van der Waals surface area contributed by atoms with Crippen molar-refractivity contribution in [2.24, 2.45) is 5.92 Å². The summed E-state index contributed by atoms with van der Waals surface area (Å²) in [6, 6.07) is 13.8. The standard InChI is InChI=1S/C23H24N6OS/c1-16(17-6-4-12-28(14-17)22(30)20-9-5-13-31-20)26-23-24-11-10-21(27-23)29-15-25-18-7-2-3-8-19(18)29/h2-3,5,7-11,13,15-17H,4,6,12,14H2,1H3,(H,24,26,27). The Morgan fingerprint density at radius 3 is 2.97 bits per heavy atom. The van der Waals surface area contributed by atoms with Crippen molar-refractivity contribution in [3.8, 4) is 5.82 Å². The van der Waals surface area contributed by atoms with Crippen molar-refractivity contribution in [1.82, 2.24) is 24.4 Å². The number of aromatic nitrogens is 4. The summed E-state index contributed by atoms with van der Waals surface area (Å²) in [5, 5.41) is 5.42. The number of carbonyl (C=O) groups excluding carboxylic acids is 1. The van der Waals surface area contributed by atoms with Gasteiger partial charge in [0.25, 0.3) is 5.91 Å². The van der Waals surface area contributed by atoms with Crippen molar-refractivity contribution in [3.63, 3.8) is 0 Å². The first-order valence-corrected chi connectivity index (χ1v) is 11.4. The number of hydrogen-bond donors (Lipinski definition) is 1. The molecule has 0 bridgehead atoms. The van der Waals surface area contributed by atoms with E-state index in [-0.39, 0.29) is 11.9 Å². The fourth-order valence-electron chi connectivity index (χ4n) is 4.17. The van der Waals surface area contributed by atoms with Crippen molar-refractivity contribution < 1.29 is 4.79 Å². The van der Waals surface area contributed by atoms with E-state index in [2.05, 4.69) is 22.2 Å². The number of para-hydroxylation sites is 2. The van der Waals surface area contributed by atoms with Gasteiger partial charge in [0.15, 0.2) is 0 Å². The molecule has 1 aliphatic rings. The monoisotopic (exact) mass is 432 g/mol. The smallest absolute Gasteiger partial charge is 0.263 e. The van der Waals surface area contributed by atoms with E-state index in [1.54, 1.807) is 12.5 Å². The number of anilines is 1. The van der Waals surface area contributed by atoms with E-state index in [1.165, 1.54) is 11.3 Å². The largest absolute Gasteiger partial charge is 0.351 e. The Morgan fingerprint density at radius 1 is 1.19 bits per heavy atom. The Bertz CT molecular complexity index is 1190. The third-order valence-corrected chi connectivity index (χ3v) is 6.74. The molecule has 1 aromatic carbocycles. The van der Waals surface area contributed by atoms with Crippen LogP contribution in [0.5, 0.6) is 0 Å². The van der Waals surface area contributed by atoms with Crippen LogP contribution in [0.1, 0.15) is 29.4 Å². The van der Waals surface area contributed by atoms with Crippen LogP contribution in [0.2, 0.25) is 0 Å². The second-order valence-electron chi connectivity index (χ2n) is 7.91. The average Bonchev–Trinajstić information content (AvgIpc) is 3.49. The highest BCUT2D eigenvalue weighted by molar-refractivity contribution is 7.12. The quantitative estimate of drug-likeness (QED) is 0.511. The molecule has 0 spiro atoms. The van der Waals surface area contributed by atoms with Crippen molar-refractivity contribution in [3.05, 3.63) is 65.2 Å². The minimum absolute atomic E-state index is 0.136. The molecule has 2 atom stereocenters. The fourth-order valence-corrected chi connectivity index (χ4v) is 4.87. The Hall–Kier alpha value is -3.26. The van der Waals surface area contributed by atoms with Crippen LogP contribution in [0.4, 0.5) is 5.95 Å². The average molecular weight is 433 g/mol. The van der Waals surface area contributed by atoms with Crippen molar-refractivity contribution in [1.29, 1.82) is 0 Å². The Labute approximate surface area is 184 Å². The van der Waals surface area contributed by atoms with Crippen LogP contribution in [0, 0.1) is 5.92 Å². The van der Waals surface area contributed by atoms with Crippen LogP contribution in [0.3, 0.4) is 0 Å². The third-order valence-electron chi connectivity index (χ3n) is 5.88. The molecule has 0 saturated carbocycles. The van der Waals surface area contributed by atoms with Crippen LogP contribution < -0.4 is 5.32 Å². The lowest BCUT2D eigenvalue weighted by molar-refractivity contribution is 0.0670. The van der Waals surface area contributed by atoms with Gasteiger partial charge in [0.05, 0.1) is 15.9 Å². The van der Waals surface area contributed by atoms with E-state index in [1.807, 2.05) is 57.3 Å². The second kappa shape index (κ2) is 8.47. The summed E-state index contributed by atoms with van der Waals surface area (Å²) in [4.78, 5) is 29.1. The van der Waals surface area contributed by atoms with Gasteiger partial charge in [-0.25, -0.2) is 9.97 Å². The molecule has 1 fully saturated rings. The zero-order valence-corrected chi connectivity index (χ0v) is 18.1. The first-order valence-electron chi connectivity index (χ1n) is 10.5. The van der Waals surface area contributed by atoms with Gasteiger partial charge in [0.2, 0.25) is 5.95 Å². The van der Waals surface area contributed by atoms with Gasteiger partial charge < -0.3 is 10.2 Å². The molecule has 1 saturated heterocycles. The summed E-state index contributed by atoms with van der Waals surface area (Å²) in [6.45, 7) is 3.71. The normalized spacial score (nSPS) is 17.6. The third kappa shape index (κ3) is 4.03. The summed E-state index contributed by atoms with van der Waals surface area (Å²) in [5.41, 5.74) is 1.94. The minimum Gasteiger partial charge on any atom is -0.351 e. The molecule has 2 unspecified atom stereocenters. The van der Waals surface area contributed by atoms with E-state index < -0.39 is 0 Å². The highest BCUT2D eigenvalue weighted by atomic mass is 32.1. The molecule has 158 valence electrons. The topological polar surface area (TPSA) is 75.9 Å². The number of thiophene rings is 1. The van der Waals surface area contributed by atoms with Gasteiger partial charge in [-0.1, -0.05) is 18.2 Å². The highest BCUT2D eigenvalue weighted by Gasteiger charge is 2.28. The molecule has 1 amide bonds.